The molecule has 2 aromatic rings. The van der Waals surface area contributed by atoms with Crippen LogP contribution < -0.4 is 10.6 Å². The zero-order chi connectivity index (χ0) is 15.9. The van der Waals surface area contributed by atoms with Crippen molar-refractivity contribution in [3.63, 3.8) is 0 Å². The first-order valence-electron chi connectivity index (χ1n) is 7.55. The molecule has 0 aliphatic heterocycles. The fraction of sp³-hybridized carbons (Fsp3) is 0.412. The van der Waals surface area contributed by atoms with E-state index >= 15 is 0 Å². The van der Waals surface area contributed by atoms with Crippen LogP contribution in [0.5, 0.6) is 0 Å². The Hall–Kier alpha value is -1.72. The van der Waals surface area contributed by atoms with Gasteiger partial charge in [0.2, 0.25) is 5.91 Å². The van der Waals surface area contributed by atoms with Crippen LogP contribution in [0.2, 0.25) is 0 Å². The van der Waals surface area contributed by atoms with Crippen LogP contribution in [0.15, 0.2) is 24.3 Å². The van der Waals surface area contributed by atoms with Gasteiger partial charge >= 0.3 is 0 Å². The number of carbonyl (C=O) groups excluding carboxylic acids is 1. The van der Waals surface area contributed by atoms with E-state index in [-0.39, 0.29) is 5.91 Å². The largest absolute Gasteiger partial charge is 0.320 e. The zero-order valence-electron chi connectivity index (χ0n) is 13.4. The van der Waals surface area contributed by atoms with Crippen molar-refractivity contribution in [3.8, 4) is 0 Å². The molecule has 0 bridgehead atoms. The van der Waals surface area contributed by atoms with Crippen molar-refractivity contribution >= 4 is 22.4 Å². The van der Waals surface area contributed by atoms with E-state index in [9.17, 15) is 4.79 Å². The molecule has 4 nitrogen and oxygen atoms in total. The quantitative estimate of drug-likeness (QED) is 0.771. The molecule has 0 saturated heterocycles. The lowest BCUT2D eigenvalue weighted by Crippen LogP contribution is -2.15. The molecular formula is C17H23N3OS. The summed E-state index contributed by atoms with van der Waals surface area (Å²) in [5.74, 6) is 0.0332. The number of rotatable bonds is 7. The molecule has 1 amide bonds. The number of carbonyl (C=O) groups is 1. The van der Waals surface area contributed by atoms with Crippen LogP contribution in [-0.4, -0.2) is 24.5 Å². The first-order chi connectivity index (χ1) is 10.6. The summed E-state index contributed by atoms with van der Waals surface area (Å²) in [4.78, 5) is 17.5. The first kappa shape index (κ1) is 16.6. The Bertz CT molecular complexity index is 619. The van der Waals surface area contributed by atoms with Gasteiger partial charge in [-0.3, -0.25) is 4.79 Å². The number of hydrogen-bond donors (Lipinski definition) is 2. The highest BCUT2D eigenvalue weighted by molar-refractivity contribution is 7.15. The van der Waals surface area contributed by atoms with Crippen LogP contribution in [0.25, 0.3) is 0 Å². The van der Waals surface area contributed by atoms with Gasteiger partial charge in [0.1, 0.15) is 0 Å². The van der Waals surface area contributed by atoms with E-state index in [1.165, 1.54) is 16.0 Å². The number of benzene rings is 1. The summed E-state index contributed by atoms with van der Waals surface area (Å²) >= 11 is 1.57. The number of anilines is 1. The molecule has 0 radical (unpaired) electrons. The number of nitrogens with zero attached hydrogens (tertiary/aromatic N) is 1. The molecule has 0 spiro atoms. The average Bonchev–Trinajstić information content (AvgIpc) is 2.81. The lowest BCUT2D eigenvalue weighted by Gasteiger charge is -2.01. The average molecular weight is 317 g/mol. The highest BCUT2D eigenvalue weighted by Gasteiger charge is 2.10. The molecule has 0 fully saturated rings. The molecule has 0 aliphatic rings. The number of aryl methyl sites for hydroxylation is 2. The van der Waals surface area contributed by atoms with Gasteiger partial charge in [-0.15, -0.1) is 11.3 Å². The van der Waals surface area contributed by atoms with Crippen LogP contribution in [-0.2, 0) is 11.2 Å². The molecule has 1 aromatic heterocycles. The second-order valence-corrected chi connectivity index (χ2v) is 6.53. The van der Waals surface area contributed by atoms with Crippen LogP contribution in [0.4, 0.5) is 5.13 Å². The Morgan fingerprint density at radius 3 is 2.64 bits per heavy atom. The number of aromatic nitrogens is 1. The monoisotopic (exact) mass is 317 g/mol. The summed E-state index contributed by atoms with van der Waals surface area (Å²) in [6.45, 7) is 4.93. The van der Waals surface area contributed by atoms with Crippen molar-refractivity contribution < 1.29 is 4.79 Å². The second kappa shape index (κ2) is 8.06. The summed E-state index contributed by atoms with van der Waals surface area (Å²) in [7, 11) is 1.89. The Balaban J connectivity index is 1.95. The summed E-state index contributed by atoms with van der Waals surface area (Å²) in [6.07, 6.45) is 2.22. The maximum atomic E-state index is 11.8. The van der Waals surface area contributed by atoms with Gasteiger partial charge in [0.15, 0.2) is 5.13 Å². The summed E-state index contributed by atoms with van der Waals surface area (Å²) in [5, 5.41) is 6.64. The van der Waals surface area contributed by atoms with Gasteiger partial charge < -0.3 is 10.6 Å². The van der Waals surface area contributed by atoms with E-state index in [1.54, 1.807) is 11.3 Å². The van der Waals surface area contributed by atoms with Crippen molar-refractivity contribution in [3.05, 3.63) is 46.0 Å². The van der Waals surface area contributed by atoms with E-state index < -0.39 is 0 Å². The van der Waals surface area contributed by atoms with Crippen LogP contribution in [0.1, 0.15) is 34.5 Å². The van der Waals surface area contributed by atoms with Crippen LogP contribution in [0, 0.1) is 13.8 Å². The molecule has 0 saturated carbocycles. The Labute approximate surface area is 136 Å². The Kier molecular flexibility index (Phi) is 6.10. The van der Waals surface area contributed by atoms with Crippen molar-refractivity contribution in [1.29, 1.82) is 0 Å². The third kappa shape index (κ3) is 4.93. The number of thiazole rings is 1. The number of hydrogen-bond acceptors (Lipinski definition) is 4. The lowest BCUT2D eigenvalue weighted by atomic mass is 10.1. The second-order valence-electron chi connectivity index (χ2n) is 5.45. The molecule has 2 N–H and O–H groups in total. The molecule has 1 heterocycles. The van der Waals surface area contributed by atoms with Gasteiger partial charge in [-0.2, -0.15) is 0 Å². The van der Waals surface area contributed by atoms with Crippen molar-refractivity contribution in [2.45, 2.75) is 33.1 Å². The van der Waals surface area contributed by atoms with Gasteiger partial charge in [0, 0.05) is 17.7 Å². The van der Waals surface area contributed by atoms with E-state index in [2.05, 4.69) is 46.8 Å². The fourth-order valence-corrected chi connectivity index (χ4v) is 3.16. The molecule has 1 aromatic carbocycles. The Morgan fingerprint density at radius 2 is 1.95 bits per heavy atom. The molecule has 118 valence electrons. The van der Waals surface area contributed by atoms with Gasteiger partial charge in [0.25, 0.3) is 0 Å². The molecule has 2 rings (SSSR count). The maximum Gasteiger partial charge on any atom is 0.226 e. The highest BCUT2D eigenvalue weighted by Crippen LogP contribution is 2.25. The smallest absolute Gasteiger partial charge is 0.226 e. The normalized spacial score (nSPS) is 10.7. The van der Waals surface area contributed by atoms with Gasteiger partial charge in [0.05, 0.1) is 5.69 Å². The zero-order valence-corrected chi connectivity index (χ0v) is 14.2. The van der Waals surface area contributed by atoms with Crippen molar-refractivity contribution in [1.82, 2.24) is 10.3 Å². The molecule has 0 atom stereocenters. The van der Waals surface area contributed by atoms with Crippen LogP contribution >= 0.6 is 11.3 Å². The summed E-state index contributed by atoms with van der Waals surface area (Å²) in [5.41, 5.74) is 3.53. The molecular weight excluding hydrogens is 294 g/mol. The third-order valence-electron chi connectivity index (χ3n) is 3.45. The highest BCUT2D eigenvalue weighted by atomic mass is 32.1. The van der Waals surface area contributed by atoms with E-state index in [4.69, 9.17) is 0 Å². The molecule has 0 aliphatic carbocycles. The van der Waals surface area contributed by atoms with E-state index in [1.807, 2.05) is 14.0 Å². The summed E-state index contributed by atoms with van der Waals surface area (Å²) < 4.78 is 0. The van der Waals surface area contributed by atoms with Crippen molar-refractivity contribution in [2.75, 3.05) is 18.9 Å². The van der Waals surface area contributed by atoms with Crippen LogP contribution in [0.3, 0.4) is 0 Å². The number of nitrogens with one attached hydrogen (secondary N) is 2. The van der Waals surface area contributed by atoms with Gasteiger partial charge in [-0.25, -0.2) is 4.98 Å². The predicted molar refractivity (Wildman–Crippen MR) is 92.6 cm³/mol. The minimum absolute atomic E-state index is 0.0332. The molecule has 5 heteroatoms. The fourth-order valence-electron chi connectivity index (χ4n) is 2.14. The summed E-state index contributed by atoms with van der Waals surface area (Å²) in [6, 6.07) is 8.53. The minimum atomic E-state index is 0.0332. The first-order valence-corrected chi connectivity index (χ1v) is 8.36. The maximum absolute atomic E-state index is 11.8. The molecule has 0 unspecified atom stereocenters. The topological polar surface area (TPSA) is 54.0 Å². The van der Waals surface area contributed by atoms with Gasteiger partial charge in [-0.1, -0.05) is 29.8 Å². The van der Waals surface area contributed by atoms with Gasteiger partial charge in [-0.05, 0) is 39.4 Å². The Morgan fingerprint density at radius 1 is 1.23 bits per heavy atom. The predicted octanol–water partition coefficient (Wildman–Crippen LogP) is 3.29. The third-order valence-corrected chi connectivity index (χ3v) is 4.53. The lowest BCUT2D eigenvalue weighted by molar-refractivity contribution is -0.116. The van der Waals surface area contributed by atoms with Crippen molar-refractivity contribution in [2.24, 2.45) is 0 Å². The SMILES string of the molecule is CNCCCC(=O)Nc1nc(C)c(Cc2ccc(C)cc2)s1. The van der Waals surface area contributed by atoms with E-state index in [0.717, 1.165) is 25.1 Å². The number of amides is 1. The van der Waals surface area contributed by atoms with E-state index in [0.29, 0.717) is 11.6 Å². The minimum Gasteiger partial charge on any atom is -0.320 e. The molecule has 22 heavy (non-hydrogen) atoms. The standard InChI is InChI=1S/C17H23N3OS/c1-12-6-8-14(9-7-12)11-15-13(2)19-17(22-15)20-16(21)5-4-10-18-3/h6-9,18H,4-5,10-11H2,1-3H3,(H,19,20,21).